The van der Waals surface area contributed by atoms with Gasteiger partial charge in [-0.15, -0.1) is 0 Å². The van der Waals surface area contributed by atoms with Crippen LogP contribution in [0.25, 0.3) is 0 Å². The van der Waals surface area contributed by atoms with Gasteiger partial charge in [0, 0.05) is 6.42 Å². The van der Waals surface area contributed by atoms with Crippen molar-refractivity contribution in [3.8, 4) is 5.75 Å². The van der Waals surface area contributed by atoms with Gasteiger partial charge in [0.2, 0.25) is 0 Å². The highest BCUT2D eigenvalue weighted by Gasteiger charge is 2.31. The number of benzene rings is 1. The van der Waals surface area contributed by atoms with E-state index in [2.05, 4.69) is 5.32 Å². The lowest BCUT2D eigenvalue weighted by atomic mass is 10.0. The third-order valence-corrected chi connectivity index (χ3v) is 3.26. The molecule has 2 N–H and O–H groups in total. The molecule has 0 saturated carbocycles. The van der Waals surface area contributed by atoms with Crippen LogP contribution >= 0.6 is 0 Å². The van der Waals surface area contributed by atoms with Crippen LogP contribution in [0, 0.1) is 5.92 Å². The van der Waals surface area contributed by atoms with Crippen LogP contribution in [-0.4, -0.2) is 29.1 Å². The zero-order valence-electron chi connectivity index (χ0n) is 11.6. The van der Waals surface area contributed by atoms with Crippen molar-refractivity contribution in [2.24, 2.45) is 5.92 Å². The molecule has 0 radical (unpaired) electrons. The molecule has 2 rings (SSSR count). The van der Waals surface area contributed by atoms with Crippen LogP contribution in [0.3, 0.4) is 0 Å². The van der Waals surface area contributed by atoms with E-state index >= 15 is 0 Å². The maximum absolute atomic E-state index is 12.1. The van der Waals surface area contributed by atoms with Crippen molar-refractivity contribution in [2.75, 3.05) is 0 Å². The molecule has 0 fully saturated rings. The van der Waals surface area contributed by atoms with Gasteiger partial charge >= 0.3 is 5.97 Å². The summed E-state index contributed by atoms with van der Waals surface area (Å²) in [4.78, 5) is 23.3. The first-order valence-electron chi connectivity index (χ1n) is 6.75. The van der Waals surface area contributed by atoms with Gasteiger partial charge in [-0.3, -0.25) is 4.79 Å². The predicted molar refractivity (Wildman–Crippen MR) is 73.6 cm³/mol. The Labute approximate surface area is 117 Å². The number of carbonyl (C=O) groups excluding carboxylic acids is 1. The van der Waals surface area contributed by atoms with Crippen molar-refractivity contribution in [1.29, 1.82) is 0 Å². The van der Waals surface area contributed by atoms with Crippen LogP contribution in [0.4, 0.5) is 0 Å². The number of amides is 1. The third-order valence-electron chi connectivity index (χ3n) is 3.26. The van der Waals surface area contributed by atoms with Gasteiger partial charge < -0.3 is 15.2 Å². The minimum atomic E-state index is -1.01. The molecular formula is C15H19NO4. The number of hydrogen-bond donors (Lipinski definition) is 2. The summed E-state index contributed by atoms with van der Waals surface area (Å²) in [7, 11) is 0. The molecule has 1 aromatic carbocycles. The van der Waals surface area contributed by atoms with Crippen molar-refractivity contribution in [3.05, 3.63) is 29.8 Å². The smallest absolute Gasteiger partial charge is 0.326 e. The van der Waals surface area contributed by atoms with Crippen molar-refractivity contribution in [1.82, 2.24) is 5.32 Å². The Morgan fingerprint density at radius 2 is 2.10 bits per heavy atom. The van der Waals surface area contributed by atoms with Gasteiger partial charge in [0.1, 0.15) is 11.8 Å². The van der Waals surface area contributed by atoms with Gasteiger partial charge in [0.05, 0.1) is 0 Å². The number of ether oxygens (including phenoxy) is 1. The number of aliphatic carboxylic acids is 1. The van der Waals surface area contributed by atoms with Crippen LogP contribution in [0.1, 0.15) is 25.8 Å². The van der Waals surface area contributed by atoms with Crippen LogP contribution in [0.5, 0.6) is 5.75 Å². The fourth-order valence-electron chi connectivity index (χ4n) is 2.29. The van der Waals surface area contributed by atoms with E-state index in [1.807, 2.05) is 38.1 Å². The summed E-state index contributed by atoms with van der Waals surface area (Å²) in [6.45, 7) is 3.84. The highest BCUT2D eigenvalue weighted by atomic mass is 16.5. The summed E-state index contributed by atoms with van der Waals surface area (Å²) in [5.41, 5.74) is 0.975. The molecule has 5 heteroatoms. The first-order chi connectivity index (χ1) is 9.47. The van der Waals surface area contributed by atoms with Crippen LogP contribution in [0.2, 0.25) is 0 Å². The van der Waals surface area contributed by atoms with Gasteiger partial charge in [0.15, 0.2) is 6.10 Å². The second kappa shape index (κ2) is 5.94. The van der Waals surface area contributed by atoms with E-state index < -0.39 is 18.1 Å². The number of carbonyl (C=O) groups is 2. The van der Waals surface area contributed by atoms with E-state index in [-0.39, 0.29) is 11.8 Å². The monoisotopic (exact) mass is 277 g/mol. The topological polar surface area (TPSA) is 75.6 Å². The summed E-state index contributed by atoms with van der Waals surface area (Å²) in [6, 6.07) is 6.59. The quantitative estimate of drug-likeness (QED) is 0.857. The summed E-state index contributed by atoms with van der Waals surface area (Å²) in [5, 5.41) is 11.7. The van der Waals surface area contributed by atoms with Gasteiger partial charge in [-0.1, -0.05) is 32.0 Å². The Morgan fingerprint density at radius 3 is 2.70 bits per heavy atom. The van der Waals surface area contributed by atoms with E-state index in [9.17, 15) is 9.59 Å². The van der Waals surface area contributed by atoms with Crippen LogP contribution in [0.15, 0.2) is 24.3 Å². The molecule has 1 aliphatic heterocycles. The molecule has 0 bridgehead atoms. The Balaban J connectivity index is 1.97. The predicted octanol–water partition coefficient (Wildman–Crippen LogP) is 1.61. The largest absolute Gasteiger partial charge is 0.480 e. The summed E-state index contributed by atoms with van der Waals surface area (Å²) in [5.74, 6) is -0.488. The minimum absolute atomic E-state index is 0.193. The van der Waals surface area contributed by atoms with Crippen molar-refractivity contribution in [2.45, 2.75) is 38.8 Å². The van der Waals surface area contributed by atoms with E-state index in [1.165, 1.54) is 0 Å². The highest BCUT2D eigenvalue weighted by molar-refractivity contribution is 5.87. The molecule has 20 heavy (non-hydrogen) atoms. The van der Waals surface area contributed by atoms with Gasteiger partial charge in [-0.05, 0) is 24.0 Å². The molecule has 1 unspecified atom stereocenters. The fourth-order valence-corrected chi connectivity index (χ4v) is 2.29. The Kier molecular flexibility index (Phi) is 4.27. The lowest BCUT2D eigenvalue weighted by molar-refractivity contribution is -0.143. The lowest BCUT2D eigenvalue weighted by Crippen LogP contribution is -2.47. The number of hydrogen-bond acceptors (Lipinski definition) is 3. The number of carboxylic acid groups (broad SMARTS) is 1. The first kappa shape index (κ1) is 14.4. The van der Waals surface area contributed by atoms with Gasteiger partial charge in [-0.25, -0.2) is 4.79 Å². The number of carboxylic acids is 1. The number of nitrogens with one attached hydrogen (secondary N) is 1. The summed E-state index contributed by atoms with van der Waals surface area (Å²) >= 11 is 0. The van der Waals surface area contributed by atoms with E-state index in [4.69, 9.17) is 9.84 Å². The Morgan fingerprint density at radius 1 is 1.40 bits per heavy atom. The molecule has 108 valence electrons. The molecule has 1 aliphatic rings. The maximum Gasteiger partial charge on any atom is 0.326 e. The Hall–Kier alpha value is -2.04. The zero-order valence-corrected chi connectivity index (χ0v) is 11.6. The molecule has 1 amide bonds. The number of fused-ring (bicyclic) bond motifs is 1. The Bertz CT molecular complexity index is 487. The third kappa shape index (κ3) is 3.29. The summed E-state index contributed by atoms with van der Waals surface area (Å²) in [6.07, 6.45) is 0.248. The van der Waals surface area contributed by atoms with Crippen molar-refractivity contribution >= 4 is 11.9 Å². The molecule has 0 aliphatic carbocycles. The molecular weight excluding hydrogens is 258 g/mol. The average Bonchev–Trinajstić information content (AvgIpc) is 2.81. The summed E-state index contributed by atoms with van der Waals surface area (Å²) < 4.78 is 5.55. The number of para-hydroxylation sites is 1. The van der Waals surface area contributed by atoms with Crippen molar-refractivity contribution in [3.63, 3.8) is 0 Å². The molecule has 0 spiro atoms. The first-order valence-corrected chi connectivity index (χ1v) is 6.75. The molecule has 1 aromatic rings. The molecule has 2 atom stereocenters. The van der Waals surface area contributed by atoms with E-state index in [0.717, 1.165) is 5.56 Å². The van der Waals surface area contributed by atoms with Gasteiger partial charge in [-0.2, -0.15) is 0 Å². The lowest BCUT2D eigenvalue weighted by Gasteiger charge is -2.18. The second-order valence-corrected chi connectivity index (χ2v) is 5.45. The molecule has 0 aromatic heterocycles. The standard InChI is InChI=1S/C15H19NO4/c1-9(2)7-11(15(18)19)16-14(17)13-8-10-5-3-4-6-12(10)20-13/h3-6,9,11,13H,7-8H2,1-2H3,(H,16,17)(H,18,19)/t11-,13?/m0/s1. The average molecular weight is 277 g/mol. The maximum atomic E-state index is 12.1. The normalized spacial score (nSPS) is 18.2. The van der Waals surface area contributed by atoms with Crippen LogP contribution in [-0.2, 0) is 16.0 Å². The number of rotatable bonds is 5. The van der Waals surface area contributed by atoms with Crippen molar-refractivity contribution < 1.29 is 19.4 Å². The minimum Gasteiger partial charge on any atom is -0.480 e. The fraction of sp³-hybridized carbons (Fsp3) is 0.467. The highest BCUT2D eigenvalue weighted by Crippen LogP contribution is 2.28. The van der Waals surface area contributed by atoms with E-state index in [0.29, 0.717) is 18.6 Å². The van der Waals surface area contributed by atoms with Crippen LogP contribution < -0.4 is 10.1 Å². The second-order valence-electron chi connectivity index (χ2n) is 5.45. The molecule has 0 saturated heterocycles. The SMILES string of the molecule is CC(C)C[C@H](NC(=O)C1Cc2ccccc2O1)C(=O)O. The molecule has 1 heterocycles. The van der Waals surface area contributed by atoms with E-state index in [1.54, 1.807) is 0 Å². The zero-order chi connectivity index (χ0) is 14.7. The van der Waals surface area contributed by atoms with Gasteiger partial charge in [0.25, 0.3) is 5.91 Å². The molecule has 5 nitrogen and oxygen atoms in total.